The number of halogens is 1. The van der Waals surface area contributed by atoms with E-state index in [9.17, 15) is 9.59 Å². The summed E-state index contributed by atoms with van der Waals surface area (Å²) in [7, 11) is 0. The van der Waals surface area contributed by atoms with Gasteiger partial charge in [0.2, 0.25) is 0 Å². The van der Waals surface area contributed by atoms with E-state index >= 15 is 0 Å². The molecule has 0 bridgehead atoms. The predicted molar refractivity (Wildman–Crippen MR) is 165 cm³/mol. The largest absolute Gasteiger partial charge is 0.339 e. The average molecular weight is 630 g/mol. The molecule has 206 valence electrons. The molecular formula is C29H25BrN8O2S. The van der Waals surface area contributed by atoms with E-state index in [1.165, 1.54) is 6.33 Å². The second kappa shape index (κ2) is 12.7. The van der Waals surface area contributed by atoms with Crippen LogP contribution in [0.15, 0.2) is 94.7 Å². The van der Waals surface area contributed by atoms with Gasteiger partial charge in [-0.25, -0.2) is 24.7 Å². The van der Waals surface area contributed by atoms with Crippen molar-refractivity contribution in [1.29, 1.82) is 0 Å². The highest BCUT2D eigenvalue weighted by Gasteiger charge is 2.15. The number of pyridine rings is 2. The molecule has 3 aromatic heterocycles. The van der Waals surface area contributed by atoms with Crippen molar-refractivity contribution in [2.45, 2.75) is 24.7 Å². The summed E-state index contributed by atoms with van der Waals surface area (Å²) in [5.74, 6) is 0.835. The second-order valence-corrected chi connectivity index (χ2v) is 10.9. The molecule has 0 fully saturated rings. The van der Waals surface area contributed by atoms with E-state index in [2.05, 4.69) is 70.4 Å². The highest BCUT2D eigenvalue weighted by Crippen LogP contribution is 2.31. The monoisotopic (exact) mass is 628 g/mol. The van der Waals surface area contributed by atoms with Gasteiger partial charge in [0.15, 0.2) is 5.65 Å². The van der Waals surface area contributed by atoms with Crippen molar-refractivity contribution in [3.05, 3.63) is 101 Å². The fraction of sp³-hybridized carbons (Fsp3) is 0.103. The lowest BCUT2D eigenvalue weighted by atomic mass is 10.1. The zero-order chi connectivity index (χ0) is 28.8. The Kier molecular flexibility index (Phi) is 8.70. The SMILES string of the molecule is CC(C)c1ccc2c(Nc3cc(C(=O)Nc4ccc(Br)cn4)ccc3SNC(=O)Nc3ccccc3)ncnc2n1. The molecule has 5 rings (SSSR count). The lowest BCUT2D eigenvalue weighted by Crippen LogP contribution is -2.22. The summed E-state index contributed by atoms with van der Waals surface area (Å²) in [6, 6.07) is 21.2. The zero-order valence-corrected chi connectivity index (χ0v) is 24.5. The molecule has 3 amide bonds. The van der Waals surface area contributed by atoms with Crippen molar-refractivity contribution in [1.82, 2.24) is 24.7 Å². The van der Waals surface area contributed by atoms with Gasteiger partial charge in [-0.05, 0) is 88.4 Å². The van der Waals surface area contributed by atoms with Crippen molar-refractivity contribution in [3.8, 4) is 0 Å². The molecule has 5 aromatic rings. The van der Waals surface area contributed by atoms with E-state index in [1.807, 2.05) is 30.3 Å². The predicted octanol–water partition coefficient (Wildman–Crippen LogP) is 7.13. The Balaban J connectivity index is 1.43. The molecule has 0 saturated heterocycles. The molecule has 3 heterocycles. The lowest BCUT2D eigenvalue weighted by molar-refractivity contribution is 0.102. The van der Waals surface area contributed by atoms with Crippen LogP contribution in [0.3, 0.4) is 0 Å². The third kappa shape index (κ3) is 7.16. The number of hydrogen-bond donors (Lipinski definition) is 4. The van der Waals surface area contributed by atoms with Crippen LogP contribution in [0.1, 0.15) is 35.8 Å². The van der Waals surface area contributed by atoms with Crippen molar-refractivity contribution in [2.75, 3.05) is 16.0 Å². The Labute approximate surface area is 249 Å². The maximum Gasteiger partial charge on any atom is 0.329 e. The van der Waals surface area contributed by atoms with Gasteiger partial charge in [0.25, 0.3) is 5.91 Å². The summed E-state index contributed by atoms with van der Waals surface area (Å²) in [6.07, 6.45) is 3.05. The molecule has 0 spiro atoms. The molecule has 0 aliphatic rings. The van der Waals surface area contributed by atoms with Crippen molar-refractivity contribution >= 4 is 73.9 Å². The summed E-state index contributed by atoms with van der Waals surface area (Å²) in [5, 5.41) is 9.62. The number of anilines is 4. The quantitative estimate of drug-likeness (QED) is 0.133. The van der Waals surface area contributed by atoms with Gasteiger partial charge >= 0.3 is 6.03 Å². The molecule has 0 aliphatic carbocycles. The molecule has 0 saturated carbocycles. The number of benzene rings is 2. The molecule has 2 aromatic carbocycles. The first-order valence-corrected chi connectivity index (χ1v) is 14.2. The van der Waals surface area contributed by atoms with Crippen LogP contribution in [0.4, 0.5) is 27.8 Å². The smallest absolute Gasteiger partial charge is 0.329 e. The number of amides is 3. The van der Waals surface area contributed by atoms with E-state index in [0.717, 1.165) is 27.5 Å². The van der Waals surface area contributed by atoms with Crippen molar-refractivity contribution in [2.24, 2.45) is 0 Å². The summed E-state index contributed by atoms with van der Waals surface area (Å²) < 4.78 is 3.60. The second-order valence-electron chi connectivity index (χ2n) is 9.16. The maximum absolute atomic E-state index is 13.1. The van der Waals surface area contributed by atoms with E-state index in [-0.39, 0.29) is 11.8 Å². The Hall–Kier alpha value is -4.55. The molecule has 10 nitrogen and oxygen atoms in total. The highest BCUT2D eigenvalue weighted by atomic mass is 79.9. The number of urea groups is 1. The average Bonchev–Trinajstić information content (AvgIpc) is 2.98. The van der Waals surface area contributed by atoms with Gasteiger partial charge in [0, 0.05) is 27.6 Å². The number of carbonyl (C=O) groups is 2. The molecule has 0 aliphatic heterocycles. The van der Waals surface area contributed by atoms with Crippen LogP contribution in [0.2, 0.25) is 0 Å². The van der Waals surface area contributed by atoms with E-state index in [0.29, 0.717) is 39.1 Å². The standard InChI is InChI=1S/C29H25BrN8O2S/c1-17(2)22-11-10-21-26(35-22)32-16-33-27(21)36-23-14-18(28(39)37-25-13-9-19(30)15-31-25)8-12-24(23)41-38-29(40)34-20-6-4-3-5-7-20/h3-17H,1-2H3,(H,31,37,39)(H2,34,38,40)(H,32,33,35,36). The number of carbonyl (C=O) groups excluding carboxylic acids is 2. The number of para-hydroxylation sites is 1. The third-order valence-corrected chi connectivity index (χ3v) is 7.19. The van der Waals surface area contributed by atoms with Gasteiger partial charge in [-0.1, -0.05) is 32.0 Å². The fourth-order valence-electron chi connectivity index (χ4n) is 3.78. The van der Waals surface area contributed by atoms with E-state index < -0.39 is 6.03 Å². The summed E-state index contributed by atoms with van der Waals surface area (Å²) in [4.78, 5) is 43.9. The van der Waals surface area contributed by atoms with Crippen LogP contribution in [0, 0.1) is 0 Å². The number of fused-ring (bicyclic) bond motifs is 1. The van der Waals surface area contributed by atoms with Crippen LogP contribution in [0.25, 0.3) is 11.0 Å². The molecule has 12 heteroatoms. The maximum atomic E-state index is 13.1. The van der Waals surface area contributed by atoms with Gasteiger partial charge < -0.3 is 16.0 Å². The van der Waals surface area contributed by atoms with Crippen LogP contribution in [-0.2, 0) is 0 Å². The first-order valence-electron chi connectivity index (χ1n) is 12.6. The van der Waals surface area contributed by atoms with Crippen LogP contribution < -0.4 is 20.7 Å². The summed E-state index contributed by atoms with van der Waals surface area (Å²) >= 11 is 4.44. The lowest BCUT2D eigenvalue weighted by Gasteiger charge is -2.15. The minimum Gasteiger partial charge on any atom is -0.339 e. The van der Waals surface area contributed by atoms with E-state index in [4.69, 9.17) is 0 Å². The number of nitrogens with zero attached hydrogens (tertiary/aromatic N) is 4. The van der Waals surface area contributed by atoms with Gasteiger partial charge in [-0.15, -0.1) is 0 Å². The molecule has 0 radical (unpaired) electrons. The molecule has 0 atom stereocenters. The van der Waals surface area contributed by atoms with Crippen molar-refractivity contribution in [3.63, 3.8) is 0 Å². The van der Waals surface area contributed by atoms with Crippen LogP contribution in [-0.4, -0.2) is 31.9 Å². The number of hydrogen-bond acceptors (Lipinski definition) is 8. The van der Waals surface area contributed by atoms with Crippen LogP contribution >= 0.6 is 27.9 Å². The third-order valence-electron chi connectivity index (χ3n) is 5.86. The molecule has 0 unspecified atom stereocenters. The molecule has 4 N–H and O–H groups in total. The minimum absolute atomic E-state index is 0.247. The summed E-state index contributed by atoms with van der Waals surface area (Å²) in [6.45, 7) is 4.14. The fourth-order valence-corrected chi connectivity index (χ4v) is 4.63. The first kappa shape index (κ1) is 28.0. The van der Waals surface area contributed by atoms with Crippen LogP contribution in [0.5, 0.6) is 0 Å². The molecular weight excluding hydrogens is 604 g/mol. The first-order chi connectivity index (χ1) is 19.9. The van der Waals surface area contributed by atoms with Gasteiger partial charge in [-0.3, -0.25) is 9.52 Å². The Morgan fingerprint density at radius 2 is 1.73 bits per heavy atom. The van der Waals surface area contributed by atoms with Gasteiger partial charge in [-0.2, -0.15) is 0 Å². The van der Waals surface area contributed by atoms with Crippen molar-refractivity contribution < 1.29 is 9.59 Å². The minimum atomic E-state index is -0.395. The van der Waals surface area contributed by atoms with Gasteiger partial charge in [0.05, 0.1) is 16.0 Å². The highest BCUT2D eigenvalue weighted by molar-refractivity contribution is 9.10. The topological polar surface area (TPSA) is 134 Å². The number of nitrogens with one attached hydrogen (secondary N) is 4. The van der Waals surface area contributed by atoms with E-state index in [1.54, 1.807) is 48.7 Å². The Morgan fingerprint density at radius 1 is 0.902 bits per heavy atom. The Bertz CT molecular complexity index is 1700. The van der Waals surface area contributed by atoms with Gasteiger partial charge in [0.1, 0.15) is 18.0 Å². The molecule has 41 heavy (non-hydrogen) atoms. The number of rotatable bonds is 8. The zero-order valence-electron chi connectivity index (χ0n) is 22.1. The summed E-state index contributed by atoms with van der Waals surface area (Å²) in [5.41, 5.74) is 3.08. The Morgan fingerprint density at radius 3 is 2.49 bits per heavy atom. The number of aromatic nitrogens is 4. The normalized spacial score (nSPS) is 10.8.